The Morgan fingerprint density at radius 1 is 1.33 bits per heavy atom. The summed E-state index contributed by atoms with van der Waals surface area (Å²) in [6.45, 7) is -0.00408. The van der Waals surface area contributed by atoms with Gasteiger partial charge in [-0.15, -0.1) is 5.10 Å². The predicted molar refractivity (Wildman–Crippen MR) is 72.2 cm³/mol. The maximum absolute atomic E-state index is 12.0. The zero-order valence-electron chi connectivity index (χ0n) is 10.8. The van der Waals surface area contributed by atoms with Crippen LogP contribution in [0.25, 0.3) is 5.82 Å². The maximum Gasteiger partial charge on any atom is 0.246 e. The molecule has 0 spiro atoms. The molecule has 1 amide bonds. The van der Waals surface area contributed by atoms with Crippen molar-refractivity contribution in [2.75, 3.05) is 11.1 Å². The summed E-state index contributed by atoms with van der Waals surface area (Å²) >= 11 is 0. The Hall–Kier alpha value is -3.30. The number of hydrogen-bond donors (Lipinski definition) is 2. The van der Waals surface area contributed by atoms with Crippen LogP contribution in [0.15, 0.2) is 37.3 Å². The molecule has 10 nitrogen and oxygen atoms in total. The number of nitrogens with zero attached hydrogens (tertiary/aromatic N) is 7. The molecule has 0 aliphatic carbocycles. The Balaban J connectivity index is 1.77. The lowest BCUT2D eigenvalue weighted by Crippen LogP contribution is -2.20. The van der Waals surface area contributed by atoms with Gasteiger partial charge in [-0.05, 0) is 12.1 Å². The molecule has 0 saturated heterocycles. The minimum atomic E-state index is -0.283. The van der Waals surface area contributed by atoms with Gasteiger partial charge in [0.25, 0.3) is 0 Å². The molecule has 10 heteroatoms. The van der Waals surface area contributed by atoms with Crippen molar-refractivity contribution in [1.82, 2.24) is 34.5 Å². The molecule has 0 radical (unpaired) electrons. The van der Waals surface area contributed by atoms with Crippen LogP contribution in [-0.2, 0) is 11.3 Å². The van der Waals surface area contributed by atoms with Gasteiger partial charge >= 0.3 is 0 Å². The van der Waals surface area contributed by atoms with Crippen LogP contribution in [0.1, 0.15) is 0 Å². The lowest BCUT2D eigenvalue weighted by Gasteiger charge is -2.09. The SMILES string of the molecule is Nc1ncn(CC(=O)Nc2cccnc2-n2cncn2)n1. The molecule has 0 aliphatic heterocycles. The highest BCUT2D eigenvalue weighted by Crippen LogP contribution is 2.15. The van der Waals surface area contributed by atoms with Gasteiger partial charge < -0.3 is 11.1 Å². The number of nitrogen functional groups attached to an aromatic ring is 1. The van der Waals surface area contributed by atoms with Gasteiger partial charge in [0.05, 0.1) is 5.69 Å². The molecule has 21 heavy (non-hydrogen) atoms. The highest BCUT2D eigenvalue weighted by molar-refractivity contribution is 5.92. The lowest BCUT2D eigenvalue weighted by atomic mass is 10.3. The van der Waals surface area contributed by atoms with Gasteiger partial charge in [0.2, 0.25) is 11.9 Å². The van der Waals surface area contributed by atoms with Crippen LogP contribution in [0, 0.1) is 0 Å². The van der Waals surface area contributed by atoms with Gasteiger partial charge in [0.15, 0.2) is 5.82 Å². The summed E-state index contributed by atoms with van der Waals surface area (Å²) in [5.74, 6) is 0.309. The Bertz CT molecular complexity index is 749. The van der Waals surface area contributed by atoms with Crippen molar-refractivity contribution in [3.05, 3.63) is 37.3 Å². The first-order valence-corrected chi connectivity index (χ1v) is 5.97. The topological polar surface area (TPSA) is 129 Å². The van der Waals surface area contributed by atoms with E-state index in [0.29, 0.717) is 11.5 Å². The molecular formula is C11H11N9O. The number of rotatable bonds is 4. The van der Waals surface area contributed by atoms with E-state index >= 15 is 0 Å². The van der Waals surface area contributed by atoms with Crippen LogP contribution in [-0.4, -0.2) is 40.4 Å². The van der Waals surface area contributed by atoms with Crippen molar-refractivity contribution in [2.45, 2.75) is 6.54 Å². The van der Waals surface area contributed by atoms with Gasteiger partial charge in [0.1, 0.15) is 25.5 Å². The average molecular weight is 285 g/mol. The van der Waals surface area contributed by atoms with E-state index < -0.39 is 0 Å². The second-order valence-electron chi connectivity index (χ2n) is 4.06. The summed E-state index contributed by atoms with van der Waals surface area (Å²) in [6.07, 6.45) is 5.87. The molecular weight excluding hydrogens is 274 g/mol. The highest BCUT2D eigenvalue weighted by Gasteiger charge is 2.11. The Morgan fingerprint density at radius 3 is 2.95 bits per heavy atom. The van der Waals surface area contributed by atoms with E-state index in [2.05, 4.69) is 30.5 Å². The monoisotopic (exact) mass is 285 g/mol. The van der Waals surface area contributed by atoms with E-state index in [1.54, 1.807) is 18.3 Å². The summed E-state index contributed by atoms with van der Waals surface area (Å²) in [5.41, 5.74) is 5.91. The molecule has 0 atom stereocenters. The molecule has 3 heterocycles. The van der Waals surface area contributed by atoms with Crippen LogP contribution in [0.2, 0.25) is 0 Å². The minimum Gasteiger partial charge on any atom is -0.367 e. The summed E-state index contributed by atoms with van der Waals surface area (Å²) in [5, 5.41) is 10.6. The van der Waals surface area contributed by atoms with Crippen LogP contribution in [0.3, 0.4) is 0 Å². The number of nitrogens with one attached hydrogen (secondary N) is 1. The molecule has 0 aromatic carbocycles. The number of aromatic nitrogens is 7. The lowest BCUT2D eigenvalue weighted by molar-refractivity contribution is -0.116. The molecule has 0 aliphatic rings. The summed E-state index contributed by atoms with van der Waals surface area (Å²) in [4.78, 5) is 23.8. The predicted octanol–water partition coefficient (Wildman–Crippen LogP) is -0.525. The van der Waals surface area contributed by atoms with E-state index in [1.165, 1.54) is 28.3 Å². The number of pyridine rings is 1. The van der Waals surface area contributed by atoms with Gasteiger partial charge in [0, 0.05) is 6.20 Å². The molecule has 3 rings (SSSR count). The van der Waals surface area contributed by atoms with Crippen molar-refractivity contribution < 1.29 is 4.79 Å². The first-order valence-electron chi connectivity index (χ1n) is 5.97. The minimum absolute atomic E-state index is 0.00408. The zero-order chi connectivity index (χ0) is 14.7. The molecule has 0 unspecified atom stereocenters. The van der Waals surface area contributed by atoms with Crippen molar-refractivity contribution in [3.8, 4) is 5.82 Å². The average Bonchev–Trinajstić information content (AvgIpc) is 3.11. The molecule has 0 fully saturated rings. The maximum atomic E-state index is 12.0. The smallest absolute Gasteiger partial charge is 0.246 e. The van der Waals surface area contributed by atoms with Gasteiger partial charge in [-0.2, -0.15) is 5.10 Å². The van der Waals surface area contributed by atoms with Crippen molar-refractivity contribution in [1.29, 1.82) is 0 Å². The molecule has 0 saturated carbocycles. The van der Waals surface area contributed by atoms with Gasteiger partial charge in [-0.3, -0.25) is 4.79 Å². The van der Waals surface area contributed by atoms with Gasteiger partial charge in [-0.25, -0.2) is 24.3 Å². The first-order chi connectivity index (χ1) is 10.2. The third-order valence-electron chi connectivity index (χ3n) is 2.56. The molecule has 3 aromatic rings. The normalized spacial score (nSPS) is 10.5. The molecule has 3 N–H and O–H groups in total. The number of carbonyl (C=O) groups excluding carboxylic acids is 1. The van der Waals surface area contributed by atoms with E-state index in [0.717, 1.165) is 0 Å². The summed E-state index contributed by atoms with van der Waals surface area (Å²) < 4.78 is 2.80. The second kappa shape index (κ2) is 5.36. The van der Waals surface area contributed by atoms with Crippen LogP contribution < -0.4 is 11.1 Å². The first kappa shape index (κ1) is 12.7. The quantitative estimate of drug-likeness (QED) is 0.659. The molecule has 106 valence electrons. The zero-order valence-corrected chi connectivity index (χ0v) is 10.8. The van der Waals surface area contributed by atoms with Crippen molar-refractivity contribution >= 4 is 17.5 Å². The van der Waals surface area contributed by atoms with E-state index in [-0.39, 0.29) is 18.4 Å². The molecule has 0 bridgehead atoms. The van der Waals surface area contributed by atoms with E-state index in [1.807, 2.05) is 0 Å². The third kappa shape index (κ3) is 2.83. The van der Waals surface area contributed by atoms with Crippen molar-refractivity contribution in [3.63, 3.8) is 0 Å². The van der Waals surface area contributed by atoms with E-state index in [9.17, 15) is 4.79 Å². The van der Waals surface area contributed by atoms with Crippen LogP contribution >= 0.6 is 0 Å². The highest BCUT2D eigenvalue weighted by atomic mass is 16.2. The van der Waals surface area contributed by atoms with Gasteiger partial charge in [-0.1, -0.05) is 0 Å². The fourth-order valence-corrected chi connectivity index (χ4v) is 1.72. The Morgan fingerprint density at radius 2 is 2.24 bits per heavy atom. The number of amides is 1. The van der Waals surface area contributed by atoms with E-state index in [4.69, 9.17) is 5.73 Å². The summed E-state index contributed by atoms with van der Waals surface area (Å²) in [7, 11) is 0. The number of hydrogen-bond acceptors (Lipinski definition) is 7. The second-order valence-corrected chi connectivity index (χ2v) is 4.06. The largest absolute Gasteiger partial charge is 0.367 e. The fourth-order valence-electron chi connectivity index (χ4n) is 1.72. The van der Waals surface area contributed by atoms with Crippen LogP contribution in [0.5, 0.6) is 0 Å². The van der Waals surface area contributed by atoms with Crippen LogP contribution in [0.4, 0.5) is 11.6 Å². The molecule has 3 aromatic heterocycles. The Labute approximate surface area is 118 Å². The summed E-state index contributed by atoms with van der Waals surface area (Å²) in [6, 6.07) is 3.43. The number of anilines is 2. The number of nitrogens with two attached hydrogens (primary N) is 1. The number of carbonyl (C=O) groups is 1. The van der Waals surface area contributed by atoms with Crippen molar-refractivity contribution in [2.24, 2.45) is 0 Å². The third-order valence-corrected chi connectivity index (χ3v) is 2.56. The standard InChI is InChI=1S/C11H11N9O/c12-11-15-7-19(18-11)4-9(21)17-8-2-1-3-14-10(8)20-6-13-5-16-20/h1-3,5-7H,4H2,(H2,12,18)(H,17,21). The fraction of sp³-hybridized carbons (Fsp3) is 0.0909. The Kier molecular flexibility index (Phi) is 3.25.